The Morgan fingerprint density at radius 1 is 1.20 bits per heavy atom. The molecule has 0 saturated carbocycles. The fraction of sp³-hybridized carbons (Fsp3) is 0.250. The summed E-state index contributed by atoms with van der Waals surface area (Å²) in [6.07, 6.45) is 0.719. The van der Waals surface area contributed by atoms with E-state index in [0.717, 1.165) is 16.5 Å². The zero-order valence-corrected chi connectivity index (χ0v) is 14.6. The predicted octanol–water partition coefficient (Wildman–Crippen LogP) is 5.16. The van der Waals surface area contributed by atoms with Crippen molar-refractivity contribution in [1.82, 2.24) is 5.32 Å². The number of hydrogen-bond acceptors (Lipinski definition) is 1. The van der Waals surface area contributed by atoms with Crippen LogP contribution in [0.2, 0.25) is 0 Å². The maximum Gasteiger partial charge on any atom is 0.137 e. The molecule has 0 aromatic heterocycles. The van der Waals surface area contributed by atoms with E-state index in [1.807, 2.05) is 13.1 Å². The molecule has 20 heavy (non-hydrogen) atoms. The van der Waals surface area contributed by atoms with Gasteiger partial charge in [0.05, 0.1) is 4.47 Å². The molecular formula is C16H16Br2FN. The second-order valence-electron chi connectivity index (χ2n) is 4.78. The van der Waals surface area contributed by atoms with Crippen LogP contribution < -0.4 is 5.32 Å². The summed E-state index contributed by atoms with van der Waals surface area (Å²) in [5, 5.41) is 3.30. The summed E-state index contributed by atoms with van der Waals surface area (Å²) < 4.78 is 15.2. The molecule has 1 N–H and O–H groups in total. The molecule has 1 nitrogen and oxygen atoms in total. The molecule has 0 aliphatic carbocycles. The third kappa shape index (κ3) is 3.48. The third-order valence-electron chi connectivity index (χ3n) is 3.34. The number of hydrogen-bond donors (Lipinski definition) is 1. The minimum absolute atomic E-state index is 0.128. The van der Waals surface area contributed by atoms with Gasteiger partial charge in [-0.3, -0.25) is 0 Å². The lowest BCUT2D eigenvalue weighted by molar-refractivity contribution is 0.578. The van der Waals surface area contributed by atoms with Crippen molar-refractivity contribution >= 4 is 31.9 Å². The number of benzene rings is 2. The summed E-state index contributed by atoms with van der Waals surface area (Å²) in [6.45, 7) is 2.06. The van der Waals surface area contributed by atoms with Crippen LogP contribution >= 0.6 is 31.9 Å². The lowest BCUT2D eigenvalue weighted by Crippen LogP contribution is -2.19. The van der Waals surface area contributed by atoms with Crippen LogP contribution in [0, 0.1) is 12.7 Å². The van der Waals surface area contributed by atoms with Crippen molar-refractivity contribution in [3.8, 4) is 0 Å². The summed E-state index contributed by atoms with van der Waals surface area (Å²) in [5.41, 5.74) is 3.34. The van der Waals surface area contributed by atoms with Crippen molar-refractivity contribution in [1.29, 1.82) is 0 Å². The van der Waals surface area contributed by atoms with Gasteiger partial charge in [-0.2, -0.15) is 0 Å². The Hall–Kier alpha value is -0.710. The zero-order chi connectivity index (χ0) is 14.7. The van der Waals surface area contributed by atoms with Gasteiger partial charge in [-0.25, -0.2) is 4.39 Å². The first-order valence-corrected chi connectivity index (χ1v) is 7.97. The standard InChI is InChI=1S/C16H16Br2FN/c1-10-6-7-12(13(17)8-10)15(20-2)9-11-4-3-5-14(19)16(11)18/h3-8,15,20H,9H2,1-2H3. The summed E-state index contributed by atoms with van der Waals surface area (Å²) in [7, 11) is 1.92. The van der Waals surface area contributed by atoms with E-state index in [2.05, 4.69) is 62.3 Å². The van der Waals surface area contributed by atoms with E-state index < -0.39 is 0 Å². The summed E-state index contributed by atoms with van der Waals surface area (Å²) in [5.74, 6) is -0.222. The normalized spacial score (nSPS) is 12.4. The van der Waals surface area contributed by atoms with Gasteiger partial charge in [-0.05, 0) is 65.1 Å². The van der Waals surface area contributed by atoms with Crippen LogP contribution in [0.1, 0.15) is 22.7 Å². The van der Waals surface area contributed by atoms with E-state index in [1.54, 1.807) is 6.07 Å². The lowest BCUT2D eigenvalue weighted by atomic mass is 9.98. The highest BCUT2D eigenvalue weighted by Crippen LogP contribution is 2.30. The molecule has 0 heterocycles. The molecule has 0 saturated heterocycles. The van der Waals surface area contributed by atoms with Crippen LogP contribution in [0.5, 0.6) is 0 Å². The number of aryl methyl sites for hydroxylation is 1. The molecule has 106 valence electrons. The molecule has 0 aliphatic heterocycles. The van der Waals surface area contributed by atoms with Crippen LogP contribution in [0.15, 0.2) is 45.3 Å². The average Bonchev–Trinajstić information content (AvgIpc) is 2.41. The Kier molecular flexibility index (Phi) is 5.35. The maximum atomic E-state index is 13.6. The highest BCUT2D eigenvalue weighted by Gasteiger charge is 2.16. The van der Waals surface area contributed by atoms with Crippen molar-refractivity contribution in [3.63, 3.8) is 0 Å². The molecule has 2 rings (SSSR count). The van der Waals surface area contributed by atoms with Gasteiger partial charge in [0.2, 0.25) is 0 Å². The lowest BCUT2D eigenvalue weighted by Gasteiger charge is -2.19. The summed E-state index contributed by atoms with van der Waals surface area (Å²) >= 11 is 6.94. The van der Waals surface area contributed by atoms with Crippen LogP contribution in [-0.2, 0) is 6.42 Å². The van der Waals surface area contributed by atoms with Gasteiger partial charge < -0.3 is 5.32 Å². The number of nitrogens with one attached hydrogen (secondary N) is 1. The fourth-order valence-electron chi connectivity index (χ4n) is 2.21. The first kappa shape index (κ1) is 15.7. The monoisotopic (exact) mass is 399 g/mol. The molecular weight excluding hydrogens is 385 g/mol. The van der Waals surface area contributed by atoms with Gasteiger partial charge in [0.15, 0.2) is 0 Å². The van der Waals surface area contributed by atoms with E-state index >= 15 is 0 Å². The fourth-order valence-corrected chi connectivity index (χ4v) is 3.40. The molecule has 1 atom stereocenters. The second-order valence-corrected chi connectivity index (χ2v) is 6.43. The van der Waals surface area contributed by atoms with Crippen molar-refractivity contribution in [2.45, 2.75) is 19.4 Å². The molecule has 1 unspecified atom stereocenters. The largest absolute Gasteiger partial charge is 0.313 e. The number of halogens is 3. The van der Waals surface area contributed by atoms with Crippen LogP contribution in [0.3, 0.4) is 0 Å². The topological polar surface area (TPSA) is 12.0 Å². The molecule has 0 amide bonds. The Morgan fingerprint density at radius 2 is 1.95 bits per heavy atom. The first-order chi connectivity index (χ1) is 9.52. The number of likely N-dealkylation sites (N-methyl/N-ethyl adjacent to an activating group) is 1. The molecule has 0 radical (unpaired) electrons. The summed E-state index contributed by atoms with van der Waals surface area (Å²) in [6, 6.07) is 11.6. The van der Waals surface area contributed by atoms with Crippen molar-refractivity contribution < 1.29 is 4.39 Å². The molecule has 0 spiro atoms. The minimum Gasteiger partial charge on any atom is -0.313 e. The van der Waals surface area contributed by atoms with Crippen molar-refractivity contribution in [2.75, 3.05) is 7.05 Å². The highest BCUT2D eigenvalue weighted by molar-refractivity contribution is 9.10. The SMILES string of the molecule is CNC(Cc1cccc(F)c1Br)c1ccc(C)cc1Br. The van der Waals surface area contributed by atoms with Crippen LogP contribution in [-0.4, -0.2) is 7.05 Å². The molecule has 0 aliphatic rings. The average molecular weight is 401 g/mol. The minimum atomic E-state index is -0.222. The Balaban J connectivity index is 2.31. The van der Waals surface area contributed by atoms with Crippen molar-refractivity contribution in [2.24, 2.45) is 0 Å². The summed E-state index contributed by atoms with van der Waals surface area (Å²) in [4.78, 5) is 0. The quantitative estimate of drug-likeness (QED) is 0.747. The molecule has 4 heteroatoms. The molecule has 2 aromatic rings. The Bertz CT molecular complexity index is 613. The van der Waals surface area contributed by atoms with E-state index in [9.17, 15) is 4.39 Å². The highest BCUT2D eigenvalue weighted by atomic mass is 79.9. The zero-order valence-electron chi connectivity index (χ0n) is 11.4. The van der Waals surface area contributed by atoms with Gasteiger partial charge in [0.25, 0.3) is 0 Å². The predicted molar refractivity (Wildman–Crippen MR) is 88.5 cm³/mol. The van der Waals surface area contributed by atoms with E-state index in [0.29, 0.717) is 4.47 Å². The van der Waals surface area contributed by atoms with Crippen LogP contribution in [0.4, 0.5) is 4.39 Å². The first-order valence-electron chi connectivity index (χ1n) is 6.39. The van der Waals surface area contributed by atoms with Crippen molar-refractivity contribution in [3.05, 3.63) is 67.9 Å². The van der Waals surface area contributed by atoms with Gasteiger partial charge in [0.1, 0.15) is 5.82 Å². The Labute approximate surface area is 135 Å². The maximum absolute atomic E-state index is 13.6. The number of rotatable bonds is 4. The molecule has 0 bridgehead atoms. The molecule has 0 fully saturated rings. The van der Waals surface area contributed by atoms with Gasteiger partial charge in [-0.1, -0.05) is 40.2 Å². The van der Waals surface area contributed by atoms with Gasteiger partial charge >= 0.3 is 0 Å². The smallest absolute Gasteiger partial charge is 0.137 e. The molecule has 2 aromatic carbocycles. The Morgan fingerprint density at radius 3 is 2.60 bits per heavy atom. The van der Waals surface area contributed by atoms with Gasteiger partial charge in [0, 0.05) is 10.5 Å². The van der Waals surface area contributed by atoms with Gasteiger partial charge in [-0.15, -0.1) is 0 Å². The van der Waals surface area contributed by atoms with E-state index in [4.69, 9.17) is 0 Å². The van der Waals surface area contributed by atoms with E-state index in [-0.39, 0.29) is 11.9 Å². The van der Waals surface area contributed by atoms with Crippen LogP contribution in [0.25, 0.3) is 0 Å². The second kappa shape index (κ2) is 6.83. The van der Waals surface area contributed by atoms with E-state index in [1.165, 1.54) is 17.2 Å². The third-order valence-corrected chi connectivity index (χ3v) is 4.91.